The van der Waals surface area contributed by atoms with Gasteiger partial charge in [0.15, 0.2) is 0 Å². The summed E-state index contributed by atoms with van der Waals surface area (Å²) in [4.78, 5) is 8.67. The molecular weight excluding hydrogens is 325 g/mol. The number of ether oxygens (including phenoxy) is 3. The van der Waals surface area contributed by atoms with Crippen LogP contribution in [0.25, 0.3) is 0 Å². The van der Waals surface area contributed by atoms with Crippen molar-refractivity contribution in [3.63, 3.8) is 0 Å². The Morgan fingerprint density at radius 2 is 2.24 bits per heavy atom. The zero-order valence-corrected chi connectivity index (χ0v) is 13.9. The second-order valence-electron chi connectivity index (χ2n) is 6.53. The highest BCUT2D eigenvalue weighted by Gasteiger charge is 2.51. The fraction of sp³-hybridized carbons (Fsp3) is 0.444. The van der Waals surface area contributed by atoms with Gasteiger partial charge in [-0.2, -0.15) is 0 Å². The maximum absolute atomic E-state index is 14.8. The molecule has 1 aromatic rings. The minimum absolute atomic E-state index is 0.00741. The third kappa shape index (κ3) is 2.68. The topological polar surface area (TPSA) is 79.0 Å². The van der Waals surface area contributed by atoms with Crippen LogP contribution in [0.1, 0.15) is 17.9 Å². The fourth-order valence-electron chi connectivity index (χ4n) is 3.72. The van der Waals surface area contributed by atoms with Crippen molar-refractivity contribution in [2.75, 3.05) is 26.9 Å². The Hall–Kier alpha value is -2.41. The standard InChI is InChI=1S/C18H20FN3O3/c1-23-14-4-12(6-21-7-14)11-2-3-16(19)15(5-11)18-10-24-8-13(18)9-25-17(20)22-18/h3-7,11,13H,2,8-10H2,1H3,(H2,20,22). The smallest absolute Gasteiger partial charge is 0.282 e. The highest BCUT2D eigenvalue weighted by Crippen LogP contribution is 2.45. The molecule has 0 spiro atoms. The molecule has 3 aliphatic rings. The van der Waals surface area contributed by atoms with Crippen LogP contribution in [0.2, 0.25) is 0 Å². The summed E-state index contributed by atoms with van der Waals surface area (Å²) in [5.74, 6) is 0.358. The van der Waals surface area contributed by atoms with Crippen molar-refractivity contribution in [2.45, 2.75) is 17.9 Å². The number of methoxy groups -OCH3 is 1. The van der Waals surface area contributed by atoms with Crippen molar-refractivity contribution >= 4 is 6.02 Å². The molecule has 6 nitrogen and oxygen atoms in total. The second-order valence-corrected chi connectivity index (χ2v) is 6.53. The number of hydrogen-bond donors (Lipinski definition) is 1. The molecule has 2 N–H and O–H groups in total. The molecule has 3 atom stereocenters. The van der Waals surface area contributed by atoms with E-state index >= 15 is 0 Å². The van der Waals surface area contributed by atoms with Crippen LogP contribution in [0.4, 0.5) is 4.39 Å². The van der Waals surface area contributed by atoms with Gasteiger partial charge in [-0.15, -0.1) is 0 Å². The first-order chi connectivity index (χ1) is 12.1. The average Bonchev–Trinajstić information content (AvgIpc) is 3.06. The van der Waals surface area contributed by atoms with E-state index in [0.29, 0.717) is 37.6 Å². The first-order valence-corrected chi connectivity index (χ1v) is 8.25. The van der Waals surface area contributed by atoms with Gasteiger partial charge in [-0.05, 0) is 24.1 Å². The maximum atomic E-state index is 14.8. The predicted molar refractivity (Wildman–Crippen MR) is 90.0 cm³/mol. The SMILES string of the molecule is COc1cncc(C2C=C(C34COCC3COC(N)=N4)C(F)=CC2)c1. The molecule has 0 aromatic carbocycles. The summed E-state index contributed by atoms with van der Waals surface area (Å²) in [5.41, 5.74) is 6.47. The second kappa shape index (κ2) is 6.15. The minimum atomic E-state index is -0.812. The van der Waals surface area contributed by atoms with Gasteiger partial charge in [-0.1, -0.05) is 6.08 Å². The van der Waals surface area contributed by atoms with Crippen LogP contribution < -0.4 is 10.5 Å². The number of halogens is 1. The third-order valence-corrected chi connectivity index (χ3v) is 5.10. The summed E-state index contributed by atoms with van der Waals surface area (Å²) >= 11 is 0. The van der Waals surface area contributed by atoms with E-state index in [1.165, 1.54) is 0 Å². The third-order valence-electron chi connectivity index (χ3n) is 5.10. The molecule has 1 saturated heterocycles. The Morgan fingerprint density at radius 3 is 3.08 bits per heavy atom. The Bertz CT molecular complexity index is 777. The summed E-state index contributed by atoms with van der Waals surface area (Å²) in [5, 5.41) is 0. The van der Waals surface area contributed by atoms with Gasteiger partial charge in [0.05, 0.1) is 33.1 Å². The van der Waals surface area contributed by atoms with E-state index in [-0.39, 0.29) is 23.7 Å². The van der Waals surface area contributed by atoms with Crippen LogP contribution in [0.3, 0.4) is 0 Å². The average molecular weight is 345 g/mol. The van der Waals surface area contributed by atoms with Gasteiger partial charge in [-0.3, -0.25) is 4.98 Å². The van der Waals surface area contributed by atoms with Crippen LogP contribution in [-0.2, 0) is 9.47 Å². The van der Waals surface area contributed by atoms with E-state index in [1.54, 1.807) is 25.6 Å². The number of fused-ring (bicyclic) bond motifs is 1. The monoisotopic (exact) mass is 345 g/mol. The number of rotatable bonds is 3. The Labute approximate surface area is 145 Å². The molecular formula is C18H20FN3O3. The Kier molecular flexibility index (Phi) is 3.95. The number of aliphatic imine (C=N–C) groups is 1. The van der Waals surface area contributed by atoms with Gasteiger partial charge in [0.1, 0.15) is 17.1 Å². The molecule has 132 valence electrons. The summed E-state index contributed by atoms with van der Waals surface area (Å²) < 4.78 is 31.0. The van der Waals surface area contributed by atoms with E-state index in [9.17, 15) is 4.39 Å². The number of allylic oxidation sites excluding steroid dienone is 2. The molecule has 7 heteroatoms. The van der Waals surface area contributed by atoms with Crippen molar-refractivity contribution in [3.05, 3.63) is 47.6 Å². The van der Waals surface area contributed by atoms with Gasteiger partial charge in [-0.25, -0.2) is 9.38 Å². The normalized spacial score (nSPS) is 31.4. The predicted octanol–water partition coefficient (Wildman–Crippen LogP) is 2.09. The van der Waals surface area contributed by atoms with Crippen molar-refractivity contribution in [2.24, 2.45) is 16.6 Å². The van der Waals surface area contributed by atoms with E-state index < -0.39 is 5.54 Å². The number of aromatic nitrogens is 1. The molecule has 3 heterocycles. The molecule has 0 bridgehead atoms. The van der Waals surface area contributed by atoms with E-state index in [4.69, 9.17) is 19.9 Å². The van der Waals surface area contributed by atoms with Gasteiger partial charge in [0.25, 0.3) is 6.02 Å². The van der Waals surface area contributed by atoms with Crippen molar-refractivity contribution in [1.29, 1.82) is 0 Å². The van der Waals surface area contributed by atoms with Crippen LogP contribution >= 0.6 is 0 Å². The zero-order valence-electron chi connectivity index (χ0n) is 13.9. The largest absolute Gasteiger partial charge is 0.495 e. The molecule has 4 rings (SSSR count). The molecule has 1 aromatic heterocycles. The Balaban J connectivity index is 1.75. The summed E-state index contributed by atoms with van der Waals surface area (Å²) in [6.07, 6.45) is 7.51. The molecule has 0 saturated carbocycles. The molecule has 0 amide bonds. The molecule has 25 heavy (non-hydrogen) atoms. The lowest BCUT2D eigenvalue weighted by Gasteiger charge is -2.36. The molecule has 1 aliphatic carbocycles. The van der Waals surface area contributed by atoms with Crippen LogP contribution in [0.5, 0.6) is 5.75 Å². The molecule has 1 fully saturated rings. The molecule has 3 unspecified atom stereocenters. The lowest BCUT2D eigenvalue weighted by Crippen LogP contribution is -2.47. The first kappa shape index (κ1) is 16.1. The number of nitrogens with two attached hydrogens (primary N) is 1. The van der Waals surface area contributed by atoms with E-state index in [2.05, 4.69) is 9.98 Å². The van der Waals surface area contributed by atoms with Crippen molar-refractivity contribution in [3.8, 4) is 5.75 Å². The highest BCUT2D eigenvalue weighted by atomic mass is 19.1. The van der Waals surface area contributed by atoms with E-state index in [0.717, 1.165) is 5.56 Å². The summed E-state index contributed by atoms with van der Waals surface area (Å²) in [7, 11) is 1.60. The van der Waals surface area contributed by atoms with E-state index in [1.807, 2.05) is 12.1 Å². The highest BCUT2D eigenvalue weighted by molar-refractivity contribution is 5.74. The van der Waals surface area contributed by atoms with Gasteiger partial charge in [0.2, 0.25) is 0 Å². The molecule has 0 radical (unpaired) electrons. The van der Waals surface area contributed by atoms with Gasteiger partial charge >= 0.3 is 0 Å². The summed E-state index contributed by atoms with van der Waals surface area (Å²) in [6, 6.07) is 2.01. The first-order valence-electron chi connectivity index (χ1n) is 8.25. The van der Waals surface area contributed by atoms with Crippen molar-refractivity contribution < 1.29 is 18.6 Å². The zero-order chi connectivity index (χ0) is 17.4. The lowest BCUT2D eigenvalue weighted by molar-refractivity contribution is 0.160. The number of pyridine rings is 1. The Morgan fingerprint density at radius 1 is 1.36 bits per heavy atom. The van der Waals surface area contributed by atoms with Gasteiger partial charge in [0, 0.05) is 23.6 Å². The number of amidine groups is 1. The molecule has 2 aliphatic heterocycles. The van der Waals surface area contributed by atoms with Crippen LogP contribution in [-0.4, -0.2) is 43.5 Å². The number of hydrogen-bond acceptors (Lipinski definition) is 6. The maximum Gasteiger partial charge on any atom is 0.282 e. The van der Waals surface area contributed by atoms with Crippen molar-refractivity contribution in [1.82, 2.24) is 4.98 Å². The quantitative estimate of drug-likeness (QED) is 0.907. The van der Waals surface area contributed by atoms with Crippen LogP contribution in [0, 0.1) is 5.92 Å². The minimum Gasteiger partial charge on any atom is -0.495 e. The lowest BCUT2D eigenvalue weighted by atomic mass is 9.75. The van der Waals surface area contributed by atoms with Gasteiger partial charge < -0.3 is 19.9 Å². The summed E-state index contributed by atoms with van der Waals surface area (Å²) in [6.45, 7) is 1.16. The fourth-order valence-corrected chi connectivity index (χ4v) is 3.72. The number of nitrogens with zero attached hydrogens (tertiary/aromatic N) is 2. The van der Waals surface area contributed by atoms with Crippen LogP contribution in [0.15, 0.2) is 47.0 Å².